The highest BCUT2D eigenvalue weighted by molar-refractivity contribution is 5.97. The molecular formula is C24H28N2O5. The number of rotatable bonds is 6. The fourth-order valence-electron chi connectivity index (χ4n) is 4.42. The van der Waals surface area contributed by atoms with E-state index in [4.69, 9.17) is 14.2 Å². The molecule has 2 amide bonds. The number of nitrogens with one attached hydrogen (secondary N) is 1. The van der Waals surface area contributed by atoms with Crippen LogP contribution in [0.25, 0.3) is 0 Å². The summed E-state index contributed by atoms with van der Waals surface area (Å²) in [6.07, 6.45) is 1.50. The van der Waals surface area contributed by atoms with E-state index in [1.165, 1.54) is 0 Å². The van der Waals surface area contributed by atoms with E-state index >= 15 is 0 Å². The van der Waals surface area contributed by atoms with Crippen molar-refractivity contribution in [3.05, 3.63) is 54.1 Å². The van der Waals surface area contributed by atoms with Crippen molar-refractivity contribution in [2.24, 2.45) is 0 Å². The second-order valence-electron chi connectivity index (χ2n) is 8.00. The molecule has 2 fully saturated rings. The normalized spacial score (nSPS) is 20.4. The van der Waals surface area contributed by atoms with Crippen LogP contribution in [0.15, 0.2) is 48.5 Å². The van der Waals surface area contributed by atoms with Gasteiger partial charge in [-0.15, -0.1) is 0 Å². The zero-order chi connectivity index (χ0) is 21.8. The van der Waals surface area contributed by atoms with Gasteiger partial charge in [0.15, 0.2) is 0 Å². The van der Waals surface area contributed by atoms with E-state index in [1.54, 1.807) is 19.1 Å². The van der Waals surface area contributed by atoms with Gasteiger partial charge in [0, 0.05) is 31.9 Å². The number of amides is 2. The van der Waals surface area contributed by atoms with Crippen molar-refractivity contribution in [2.45, 2.75) is 30.7 Å². The quantitative estimate of drug-likeness (QED) is 0.772. The SMILES string of the molecule is COc1ccc(N2C[C@H](NC(=O)C3(c4ccc(OC)cc4)CCOCC3)CC2=O)cc1. The predicted octanol–water partition coefficient (Wildman–Crippen LogP) is 2.67. The molecule has 0 saturated carbocycles. The third kappa shape index (κ3) is 4.23. The fraction of sp³-hybridized carbons (Fsp3) is 0.417. The molecule has 2 heterocycles. The Hall–Kier alpha value is -3.06. The van der Waals surface area contributed by atoms with Gasteiger partial charge in [0.25, 0.3) is 0 Å². The Morgan fingerprint density at radius 1 is 1.00 bits per heavy atom. The first kappa shape index (κ1) is 21.2. The topological polar surface area (TPSA) is 77.1 Å². The molecule has 4 rings (SSSR count). The number of hydrogen-bond donors (Lipinski definition) is 1. The van der Waals surface area contributed by atoms with E-state index < -0.39 is 5.41 Å². The van der Waals surface area contributed by atoms with Crippen LogP contribution in [0.4, 0.5) is 5.69 Å². The molecule has 2 saturated heterocycles. The van der Waals surface area contributed by atoms with E-state index in [2.05, 4.69) is 5.32 Å². The molecule has 31 heavy (non-hydrogen) atoms. The highest BCUT2D eigenvalue weighted by Gasteiger charge is 2.43. The molecule has 2 aromatic rings. The molecule has 7 heteroatoms. The summed E-state index contributed by atoms with van der Waals surface area (Å²) in [6, 6.07) is 14.8. The first-order valence-electron chi connectivity index (χ1n) is 10.5. The van der Waals surface area contributed by atoms with Crippen molar-refractivity contribution < 1.29 is 23.8 Å². The maximum Gasteiger partial charge on any atom is 0.231 e. The molecule has 0 bridgehead atoms. The van der Waals surface area contributed by atoms with Crippen molar-refractivity contribution in [3.8, 4) is 11.5 Å². The number of carbonyl (C=O) groups is 2. The van der Waals surface area contributed by atoms with Crippen LogP contribution in [0.3, 0.4) is 0 Å². The second-order valence-corrected chi connectivity index (χ2v) is 8.00. The van der Waals surface area contributed by atoms with Gasteiger partial charge in [0.1, 0.15) is 11.5 Å². The van der Waals surface area contributed by atoms with Crippen molar-refractivity contribution in [2.75, 3.05) is 38.9 Å². The largest absolute Gasteiger partial charge is 0.497 e. The van der Waals surface area contributed by atoms with E-state index in [0.29, 0.717) is 32.6 Å². The van der Waals surface area contributed by atoms with Gasteiger partial charge in [-0.3, -0.25) is 9.59 Å². The lowest BCUT2D eigenvalue weighted by Gasteiger charge is -2.37. The summed E-state index contributed by atoms with van der Waals surface area (Å²) in [7, 11) is 3.23. The van der Waals surface area contributed by atoms with Crippen molar-refractivity contribution >= 4 is 17.5 Å². The Bertz CT molecular complexity index is 920. The van der Waals surface area contributed by atoms with E-state index in [0.717, 1.165) is 22.7 Å². The monoisotopic (exact) mass is 424 g/mol. The average molecular weight is 424 g/mol. The molecule has 0 aromatic heterocycles. The van der Waals surface area contributed by atoms with Crippen LogP contribution in [-0.4, -0.2) is 51.8 Å². The molecule has 0 spiro atoms. The Balaban J connectivity index is 1.50. The molecule has 164 valence electrons. The standard InChI is InChI=1S/C24H28N2O5/c1-29-20-7-3-17(4-8-20)24(11-13-31-14-12-24)23(28)25-18-15-22(27)26(16-18)19-5-9-21(30-2)10-6-19/h3-10,18H,11-16H2,1-2H3,(H,25,28)/t18-/m1/s1. The van der Waals surface area contributed by atoms with Crippen molar-refractivity contribution in [1.29, 1.82) is 0 Å². The predicted molar refractivity (Wildman–Crippen MR) is 117 cm³/mol. The van der Waals surface area contributed by atoms with Gasteiger partial charge in [-0.2, -0.15) is 0 Å². The summed E-state index contributed by atoms with van der Waals surface area (Å²) in [6.45, 7) is 1.51. The Kier molecular flexibility index (Phi) is 6.13. The molecule has 1 atom stereocenters. The van der Waals surface area contributed by atoms with Crippen LogP contribution >= 0.6 is 0 Å². The number of anilines is 1. The van der Waals surface area contributed by atoms with Gasteiger partial charge < -0.3 is 24.4 Å². The maximum absolute atomic E-state index is 13.5. The zero-order valence-corrected chi connectivity index (χ0v) is 17.9. The molecule has 0 unspecified atom stereocenters. The highest BCUT2D eigenvalue weighted by Crippen LogP contribution is 2.36. The molecule has 1 N–H and O–H groups in total. The smallest absolute Gasteiger partial charge is 0.231 e. The van der Waals surface area contributed by atoms with Gasteiger partial charge in [-0.1, -0.05) is 12.1 Å². The van der Waals surface area contributed by atoms with Crippen molar-refractivity contribution in [1.82, 2.24) is 5.32 Å². The molecule has 0 radical (unpaired) electrons. The first-order valence-corrected chi connectivity index (χ1v) is 10.5. The second kappa shape index (κ2) is 8.98. The molecule has 0 aliphatic carbocycles. The van der Waals surface area contributed by atoms with Crippen LogP contribution in [-0.2, 0) is 19.7 Å². The number of methoxy groups -OCH3 is 2. The molecular weight excluding hydrogens is 396 g/mol. The summed E-state index contributed by atoms with van der Waals surface area (Å²) in [5.74, 6) is 1.44. The highest BCUT2D eigenvalue weighted by atomic mass is 16.5. The van der Waals surface area contributed by atoms with E-state index in [9.17, 15) is 9.59 Å². The van der Waals surface area contributed by atoms with E-state index in [1.807, 2.05) is 48.5 Å². The summed E-state index contributed by atoms with van der Waals surface area (Å²) in [5.41, 5.74) is 1.09. The summed E-state index contributed by atoms with van der Waals surface area (Å²) >= 11 is 0. The Morgan fingerprint density at radius 3 is 2.16 bits per heavy atom. The number of hydrogen-bond acceptors (Lipinski definition) is 5. The van der Waals surface area contributed by atoms with Gasteiger partial charge in [0.05, 0.1) is 25.7 Å². The minimum absolute atomic E-state index is 0.000872. The maximum atomic E-state index is 13.5. The third-order valence-corrected chi connectivity index (χ3v) is 6.27. The molecule has 2 aliphatic heterocycles. The lowest BCUT2D eigenvalue weighted by molar-refractivity contribution is -0.131. The number of ether oxygens (including phenoxy) is 3. The first-order chi connectivity index (χ1) is 15.1. The van der Waals surface area contributed by atoms with Crippen LogP contribution in [0.5, 0.6) is 11.5 Å². The third-order valence-electron chi connectivity index (χ3n) is 6.27. The molecule has 7 nitrogen and oxygen atoms in total. The lowest BCUT2D eigenvalue weighted by Crippen LogP contribution is -2.51. The van der Waals surface area contributed by atoms with Crippen molar-refractivity contribution in [3.63, 3.8) is 0 Å². The Morgan fingerprint density at radius 2 is 1.58 bits per heavy atom. The van der Waals surface area contributed by atoms with Crippen LogP contribution in [0, 0.1) is 0 Å². The van der Waals surface area contributed by atoms with Crippen LogP contribution in [0.2, 0.25) is 0 Å². The minimum Gasteiger partial charge on any atom is -0.497 e. The lowest BCUT2D eigenvalue weighted by atomic mass is 9.73. The summed E-state index contributed by atoms with van der Waals surface area (Å²) in [5, 5.41) is 3.16. The van der Waals surface area contributed by atoms with Crippen LogP contribution < -0.4 is 19.7 Å². The van der Waals surface area contributed by atoms with Gasteiger partial charge in [-0.25, -0.2) is 0 Å². The molecule has 2 aliphatic rings. The van der Waals surface area contributed by atoms with Gasteiger partial charge in [0.2, 0.25) is 11.8 Å². The molecule has 2 aromatic carbocycles. The Labute approximate surface area is 182 Å². The zero-order valence-electron chi connectivity index (χ0n) is 17.9. The average Bonchev–Trinajstić information content (AvgIpc) is 3.19. The van der Waals surface area contributed by atoms with Gasteiger partial charge in [-0.05, 0) is 54.8 Å². The minimum atomic E-state index is -0.666. The summed E-state index contributed by atoms with van der Waals surface area (Å²) in [4.78, 5) is 27.9. The van der Waals surface area contributed by atoms with Gasteiger partial charge >= 0.3 is 0 Å². The summed E-state index contributed by atoms with van der Waals surface area (Å²) < 4.78 is 16.0. The fourth-order valence-corrected chi connectivity index (χ4v) is 4.42. The number of benzene rings is 2. The van der Waals surface area contributed by atoms with E-state index in [-0.39, 0.29) is 24.3 Å². The van der Waals surface area contributed by atoms with Crippen LogP contribution in [0.1, 0.15) is 24.8 Å². The number of carbonyl (C=O) groups excluding carboxylic acids is 2. The number of nitrogens with zero attached hydrogens (tertiary/aromatic N) is 1.